The van der Waals surface area contributed by atoms with Gasteiger partial charge in [-0.25, -0.2) is 0 Å². The first kappa shape index (κ1) is 10.7. The number of pyridine rings is 1. The molecule has 89 valence electrons. The van der Waals surface area contributed by atoms with Gasteiger partial charge in [-0.2, -0.15) is 0 Å². The topological polar surface area (TPSA) is 12.9 Å². The molecular weight excluding hydrogens is 250 g/mol. The largest absolute Gasteiger partial charge is 0.256 e. The molecule has 2 aromatic heterocycles. The number of nitrogens with zero attached hydrogens (tertiary/aromatic N) is 1. The Labute approximate surface area is 115 Å². The molecule has 0 aliphatic heterocycles. The molecule has 0 unspecified atom stereocenters. The molecule has 0 bridgehead atoms. The summed E-state index contributed by atoms with van der Waals surface area (Å²) in [5.41, 5.74) is 2.13. The van der Waals surface area contributed by atoms with Crippen molar-refractivity contribution in [3.8, 4) is 11.3 Å². The van der Waals surface area contributed by atoms with E-state index in [0.717, 1.165) is 11.3 Å². The van der Waals surface area contributed by atoms with E-state index in [1.54, 1.807) is 11.3 Å². The van der Waals surface area contributed by atoms with Gasteiger partial charge in [-0.3, -0.25) is 4.98 Å². The predicted octanol–water partition coefficient (Wildman–Crippen LogP) is 4.92. The van der Waals surface area contributed by atoms with Crippen LogP contribution >= 0.6 is 11.3 Å². The third-order valence-corrected chi connectivity index (χ3v) is 4.21. The van der Waals surface area contributed by atoms with Crippen molar-refractivity contribution in [2.75, 3.05) is 0 Å². The minimum atomic E-state index is 1.02. The number of hydrogen-bond acceptors (Lipinski definition) is 2. The van der Waals surface area contributed by atoms with Crippen molar-refractivity contribution < 1.29 is 0 Å². The Morgan fingerprint density at radius 2 is 1.63 bits per heavy atom. The van der Waals surface area contributed by atoms with Gasteiger partial charge in [-0.1, -0.05) is 42.5 Å². The van der Waals surface area contributed by atoms with Crippen LogP contribution in [0.25, 0.3) is 32.1 Å². The third kappa shape index (κ3) is 1.65. The molecule has 0 aliphatic carbocycles. The number of hydrogen-bond donors (Lipinski definition) is 0. The molecule has 0 amide bonds. The number of rotatable bonds is 1. The van der Waals surface area contributed by atoms with Crippen LogP contribution in [0.1, 0.15) is 0 Å². The molecule has 4 aromatic rings. The standard InChI is InChI=1S/C17H10NS/c1-2-6-13-12(5-1)9-10-18-17(13)15-11-19-16-8-4-3-7-14(15)16/h1-10H. The van der Waals surface area contributed by atoms with E-state index in [9.17, 15) is 0 Å². The fourth-order valence-corrected chi connectivity index (χ4v) is 3.26. The summed E-state index contributed by atoms with van der Waals surface area (Å²) in [6.45, 7) is 0. The first-order chi connectivity index (χ1) is 9.43. The maximum Gasteiger partial charge on any atom is 0.0801 e. The Balaban J connectivity index is 2.10. The van der Waals surface area contributed by atoms with Gasteiger partial charge in [0.2, 0.25) is 0 Å². The lowest BCUT2D eigenvalue weighted by Gasteiger charge is -2.04. The normalized spacial score (nSPS) is 11.2. The van der Waals surface area contributed by atoms with Crippen LogP contribution in [0.15, 0.2) is 60.8 Å². The molecule has 1 nitrogen and oxygen atoms in total. The molecule has 2 heterocycles. The molecule has 0 N–H and O–H groups in total. The van der Waals surface area contributed by atoms with E-state index in [4.69, 9.17) is 0 Å². The average Bonchev–Trinajstić information content (AvgIpc) is 2.90. The van der Waals surface area contributed by atoms with Crippen molar-refractivity contribution in [2.45, 2.75) is 0 Å². The van der Waals surface area contributed by atoms with E-state index < -0.39 is 0 Å². The van der Waals surface area contributed by atoms with Crippen LogP contribution in [0.4, 0.5) is 0 Å². The molecule has 4 rings (SSSR count). The summed E-state index contributed by atoms with van der Waals surface area (Å²) in [6, 6.07) is 18.8. The van der Waals surface area contributed by atoms with Gasteiger partial charge < -0.3 is 0 Å². The lowest BCUT2D eigenvalue weighted by atomic mass is 10.0. The van der Waals surface area contributed by atoms with E-state index >= 15 is 0 Å². The molecule has 0 aliphatic rings. The molecule has 0 saturated carbocycles. The van der Waals surface area contributed by atoms with Gasteiger partial charge in [0.15, 0.2) is 0 Å². The van der Waals surface area contributed by atoms with Crippen molar-refractivity contribution >= 4 is 32.2 Å². The Morgan fingerprint density at radius 3 is 2.58 bits per heavy atom. The Bertz CT molecular complexity index is 871. The Morgan fingerprint density at radius 1 is 0.842 bits per heavy atom. The van der Waals surface area contributed by atoms with Crippen LogP contribution in [0.2, 0.25) is 0 Å². The van der Waals surface area contributed by atoms with Crippen LogP contribution in [0.3, 0.4) is 0 Å². The number of thiophene rings is 1. The third-order valence-electron chi connectivity index (χ3n) is 3.33. The molecule has 0 saturated heterocycles. The first-order valence-electron chi connectivity index (χ1n) is 6.17. The maximum atomic E-state index is 4.57. The molecule has 0 atom stereocenters. The fraction of sp³-hybridized carbons (Fsp3) is 0. The van der Waals surface area contributed by atoms with Crippen molar-refractivity contribution in [1.29, 1.82) is 0 Å². The highest BCUT2D eigenvalue weighted by Crippen LogP contribution is 2.35. The summed E-state index contributed by atoms with van der Waals surface area (Å²) < 4.78 is 1.26. The van der Waals surface area contributed by atoms with E-state index in [1.807, 2.05) is 12.3 Å². The molecular formula is C17H10NS. The van der Waals surface area contributed by atoms with Gasteiger partial charge in [0.1, 0.15) is 0 Å². The summed E-state index contributed by atoms with van der Waals surface area (Å²) in [6.07, 6.45) is 1.87. The second kappa shape index (κ2) is 4.18. The smallest absolute Gasteiger partial charge is 0.0801 e. The monoisotopic (exact) mass is 260 g/mol. The number of aromatic nitrogens is 1. The van der Waals surface area contributed by atoms with E-state index in [1.165, 1.54) is 20.9 Å². The van der Waals surface area contributed by atoms with Crippen LogP contribution in [0, 0.1) is 5.38 Å². The quantitative estimate of drug-likeness (QED) is 0.473. The lowest BCUT2D eigenvalue weighted by molar-refractivity contribution is 1.37. The highest BCUT2D eigenvalue weighted by atomic mass is 32.1. The molecule has 0 spiro atoms. The zero-order chi connectivity index (χ0) is 12.7. The SMILES string of the molecule is [c]1sc2ccccc2c1-c1nccc2ccccc12. The minimum Gasteiger partial charge on any atom is -0.256 e. The van der Waals surface area contributed by atoms with Gasteiger partial charge in [-0.05, 0) is 17.5 Å². The predicted molar refractivity (Wildman–Crippen MR) is 81.4 cm³/mol. The molecule has 2 aromatic carbocycles. The van der Waals surface area contributed by atoms with Crippen LogP contribution in [0.5, 0.6) is 0 Å². The molecule has 1 radical (unpaired) electrons. The van der Waals surface area contributed by atoms with Crippen molar-refractivity contribution in [3.63, 3.8) is 0 Å². The number of fused-ring (bicyclic) bond motifs is 2. The summed E-state index contributed by atoms with van der Waals surface area (Å²) in [4.78, 5) is 4.57. The summed E-state index contributed by atoms with van der Waals surface area (Å²) in [7, 11) is 0. The second-order valence-electron chi connectivity index (χ2n) is 4.46. The fourth-order valence-electron chi connectivity index (χ4n) is 2.42. The summed E-state index contributed by atoms with van der Waals surface area (Å²) in [5.74, 6) is 0. The van der Waals surface area contributed by atoms with Crippen molar-refractivity contribution in [3.05, 3.63) is 66.2 Å². The Kier molecular flexibility index (Phi) is 2.35. The zero-order valence-corrected chi connectivity index (χ0v) is 10.9. The van der Waals surface area contributed by atoms with Gasteiger partial charge in [0.05, 0.1) is 11.1 Å². The highest BCUT2D eigenvalue weighted by Gasteiger charge is 2.10. The molecule has 0 fully saturated rings. The van der Waals surface area contributed by atoms with Gasteiger partial charge in [0, 0.05) is 27.2 Å². The minimum absolute atomic E-state index is 1.02. The number of benzene rings is 2. The van der Waals surface area contributed by atoms with Crippen LogP contribution in [-0.2, 0) is 0 Å². The maximum absolute atomic E-state index is 4.57. The second-order valence-corrected chi connectivity index (χ2v) is 5.30. The van der Waals surface area contributed by atoms with E-state index in [-0.39, 0.29) is 0 Å². The van der Waals surface area contributed by atoms with Crippen molar-refractivity contribution in [2.24, 2.45) is 0 Å². The highest BCUT2D eigenvalue weighted by molar-refractivity contribution is 7.17. The summed E-state index contributed by atoms with van der Waals surface area (Å²) in [5, 5.41) is 7.04. The van der Waals surface area contributed by atoms with Crippen LogP contribution in [-0.4, -0.2) is 4.98 Å². The average molecular weight is 260 g/mol. The van der Waals surface area contributed by atoms with E-state index in [2.05, 4.69) is 58.9 Å². The summed E-state index contributed by atoms with van der Waals surface area (Å²) >= 11 is 1.65. The van der Waals surface area contributed by atoms with Crippen molar-refractivity contribution in [1.82, 2.24) is 4.98 Å². The zero-order valence-electron chi connectivity index (χ0n) is 10.1. The lowest BCUT2D eigenvalue weighted by Crippen LogP contribution is -1.84. The Hall–Kier alpha value is -2.19. The molecule has 19 heavy (non-hydrogen) atoms. The van der Waals surface area contributed by atoms with E-state index in [0.29, 0.717) is 0 Å². The molecule has 2 heteroatoms. The first-order valence-corrected chi connectivity index (χ1v) is 6.98. The van der Waals surface area contributed by atoms with Crippen LogP contribution < -0.4 is 0 Å². The van der Waals surface area contributed by atoms with Gasteiger partial charge in [-0.15, -0.1) is 11.3 Å². The van der Waals surface area contributed by atoms with Gasteiger partial charge in [0.25, 0.3) is 0 Å². The van der Waals surface area contributed by atoms with Gasteiger partial charge >= 0.3 is 0 Å².